The molecule has 108 valence electrons. The zero-order valence-electron chi connectivity index (χ0n) is 10.5. The van der Waals surface area contributed by atoms with Crippen molar-refractivity contribution in [3.05, 3.63) is 38.5 Å². The van der Waals surface area contributed by atoms with E-state index in [2.05, 4.69) is 30.0 Å². The highest BCUT2D eigenvalue weighted by atomic mass is 79.9. The molecule has 1 N–H and O–H groups in total. The molecule has 0 atom stereocenters. The minimum Gasteiger partial charge on any atom is -0.345 e. The fourth-order valence-corrected chi connectivity index (χ4v) is 3.60. The average molecular weight is 406 g/mol. The largest absolute Gasteiger partial charge is 0.345 e. The molecule has 2 heterocycles. The molecule has 0 spiro atoms. The zero-order chi connectivity index (χ0) is 15.1. The summed E-state index contributed by atoms with van der Waals surface area (Å²) in [5, 5.41) is 3.50. The summed E-state index contributed by atoms with van der Waals surface area (Å²) in [6.07, 6.45) is 1.79. The van der Waals surface area contributed by atoms with E-state index in [4.69, 9.17) is 23.2 Å². The summed E-state index contributed by atoms with van der Waals surface area (Å²) in [7, 11) is 1.78. The first-order valence-corrected chi connectivity index (χ1v) is 7.99. The van der Waals surface area contributed by atoms with Gasteiger partial charge < -0.3 is 9.88 Å². The van der Waals surface area contributed by atoms with Crippen LogP contribution in [0, 0.1) is 0 Å². The lowest BCUT2D eigenvalue weighted by Gasteiger charge is -2.09. The number of hydrogen-bond donors (Lipinski definition) is 1. The number of halogens is 3. The third-order valence-corrected chi connectivity index (χ3v) is 4.43. The molecule has 0 unspecified atom stereocenters. The van der Waals surface area contributed by atoms with Crippen LogP contribution in [0.5, 0.6) is 0 Å². The van der Waals surface area contributed by atoms with Crippen LogP contribution in [0.1, 0.15) is 10.5 Å². The monoisotopic (exact) mass is 404 g/mol. The van der Waals surface area contributed by atoms with E-state index in [0.29, 0.717) is 32.5 Å². The van der Waals surface area contributed by atoms with Gasteiger partial charge in [0.25, 0.3) is 5.91 Å². The van der Waals surface area contributed by atoms with Crippen molar-refractivity contribution in [3.8, 4) is 0 Å². The Hall–Kier alpha value is -1.15. The molecule has 0 fully saturated rings. The van der Waals surface area contributed by atoms with Crippen molar-refractivity contribution < 1.29 is 4.79 Å². The summed E-state index contributed by atoms with van der Waals surface area (Å²) in [6.45, 7) is 0. The fourth-order valence-electron chi connectivity index (χ4n) is 1.92. The number of rotatable bonds is 2. The molecule has 3 aromatic rings. The maximum absolute atomic E-state index is 12.4. The lowest BCUT2D eigenvalue weighted by Crippen LogP contribution is -2.15. The van der Waals surface area contributed by atoms with Crippen LogP contribution in [-0.4, -0.2) is 19.2 Å². The van der Waals surface area contributed by atoms with Crippen molar-refractivity contribution in [1.82, 2.24) is 13.3 Å². The summed E-state index contributed by atoms with van der Waals surface area (Å²) in [4.78, 5) is 12.4. The Morgan fingerprint density at radius 3 is 2.67 bits per heavy atom. The highest BCUT2D eigenvalue weighted by Gasteiger charge is 2.18. The molecule has 1 aromatic carbocycles. The van der Waals surface area contributed by atoms with Crippen LogP contribution >= 0.6 is 50.9 Å². The standard InChI is InChI=1S/C12H7BrCl2N4OS/c1-19-4-5(13)2-8(19)12(20)16-9-6(14)3-7(15)10-11(9)18-21-17-10/h2-4H,1H3,(H,16,20). The summed E-state index contributed by atoms with van der Waals surface area (Å²) in [5.74, 6) is -0.290. The first-order valence-electron chi connectivity index (χ1n) is 5.71. The third kappa shape index (κ3) is 2.66. The van der Waals surface area contributed by atoms with Gasteiger partial charge in [-0.15, -0.1) is 0 Å². The molecule has 0 aliphatic rings. The van der Waals surface area contributed by atoms with Gasteiger partial charge in [-0.25, -0.2) is 0 Å². The molecule has 1 amide bonds. The van der Waals surface area contributed by atoms with E-state index < -0.39 is 0 Å². The Labute approximate surface area is 142 Å². The van der Waals surface area contributed by atoms with Gasteiger partial charge in [0.15, 0.2) is 0 Å². The number of hydrogen-bond acceptors (Lipinski definition) is 4. The SMILES string of the molecule is Cn1cc(Br)cc1C(=O)Nc1c(Cl)cc(Cl)c2nsnc12. The quantitative estimate of drug-likeness (QED) is 0.689. The summed E-state index contributed by atoms with van der Waals surface area (Å²) >= 11 is 16.6. The predicted molar refractivity (Wildman–Crippen MR) is 88.5 cm³/mol. The summed E-state index contributed by atoms with van der Waals surface area (Å²) < 4.78 is 10.8. The smallest absolute Gasteiger partial charge is 0.272 e. The van der Waals surface area contributed by atoms with Crippen LogP contribution in [0.4, 0.5) is 5.69 Å². The van der Waals surface area contributed by atoms with E-state index in [-0.39, 0.29) is 5.91 Å². The van der Waals surface area contributed by atoms with Gasteiger partial charge in [0, 0.05) is 17.7 Å². The fraction of sp³-hybridized carbons (Fsp3) is 0.0833. The Morgan fingerprint density at radius 1 is 1.29 bits per heavy atom. The molecule has 0 aliphatic heterocycles. The molecule has 0 saturated heterocycles. The van der Waals surface area contributed by atoms with E-state index in [0.717, 1.165) is 16.2 Å². The van der Waals surface area contributed by atoms with Gasteiger partial charge in [0.2, 0.25) is 0 Å². The van der Waals surface area contributed by atoms with Crippen molar-refractivity contribution in [3.63, 3.8) is 0 Å². The second kappa shape index (κ2) is 5.57. The van der Waals surface area contributed by atoms with Gasteiger partial charge >= 0.3 is 0 Å². The minimum absolute atomic E-state index is 0.290. The average Bonchev–Trinajstić information content (AvgIpc) is 3.01. The minimum atomic E-state index is -0.290. The highest BCUT2D eigenvalue weighted by molar-refractivity contribution is 9.10. The number of fused-ring (bicyclic) bond motifs is 1. The Balaban J connectivity index is 2.04. The van der Waals surface area contributed by atoms with Crippen LogP contribution in [-0.2, 0) is 7.05 Å². The molecule has 0 aliphatic carbocycles. The molecule has 3 rings (SSSR count). The topological polar surface area (TPSA) is 59.8 Å². The van der Waals surface area contributed by atoms with Crippen molar-refractivity contribution in [2.24, 2.45) is 7.05 Å². The lowest BCUT2D eigenvalue weighted by atomic mass is 10.2. The van der Waals surface area contributed by atoms with E-state index >= 15 is 0 Å². The number of aromatic nitrogens is 3. The lowest BCUT2D eigenvalue weighted by molar-refractivity contribution is 0.101. The van der Waals surface area contributed by atoms with E-state index in [1.54, 1.807) is 29.9 Å². The van der Waals surface area contributed by atoms with Gasteiger partial charge in [-0.3, -0.25) is 4.79 Å². The van der Waals surface area contributed by atoms with Gasteiger partial charge in [0.05, 0.1) is 27.5 Å². The Morgan fingerprint density at radius 2 is 2.00 bits per heavy atom. The Kier molecular flexibility index (Phi) is 3.92. The van der Waals surface area contributed by atoms with Crippen LogP contribution in [0.2, 0.25) is 10.0 Å². The van der Waals surface area contributed by atoms with Crippen molar-refractivity contribution in [2.75, 3.05) is 5.32 Å². The third-order valence-electron chi connectivity index (χ3n) is 2.89. The van der Waals surface area contributed by atoms with Crippen LogP contribution in [0.3, 0.4) is 0 Å². The van der Waals surface area contributed by atoms with Gasteiger partial charge in [0.1, 0.15) is 16.7 Å². The Bertz CT molecular complexity index is 860. The van der Waals surface area contributed by atoms with Crippen LogP contribution in [0.25, 0.3) is 11.0 Å². The number of aryl methyl sites for hydroxylation is 1. The molecule has 0 saturated carbocycles. The second-order valence-electron chi connectivity index (χ2n) is 4.29. The number of nitrogens with one attached hydrogen (secondary N) is 1. The molecule has 0 bridgehead atoms. The van der Waals surface area contributed by atoms with Crippen LogP contribution < -0.4 is 5.32 Å². The zero-order valence-corrected chi connectivity index (χ0v) is 14.4. The summed E-state index contributed by atoms with van der Waals surface area (Å²) in [6, 6.07) is 3.26. The van der Waals surface area contributed by atoms with Crippen molar-refractivity contribution in [2.45, 2.75) is 0 Å². The molecule has 21 heavy (non-hydrogen) atoms. The highest BCUT2D eigenvalue weighted by Crippen LogP contribution is 2.35. The number of anilines is 1. The first-order chi connectivity index (χ1) is 9.97. The first kappa shape index (κ1) is 14.8. The van der Waals surface area contributed by atoms with Gasteiger partial charge in [-0.1, -0.05) is 23.2 Å². The number of carbonyl (C=O) groups excluding carboxylic acids is 1. The summed E-state index contributed by atoms with van der Waals surface area (Å²) in [5.41, 5.74) is 1.91. The number of benzene rings is 1. The van der Waals surface area contributed by atoms with Gasteiger partial charge in [-0.05, 0) is 28.1 Å². The molecule has 2 aromatic heterocycles. The number of carbonyl (C=O) groups is 1. The maximum Gasteiger partial charge on any atom is 0.272 e. The number of nitrogens with zero attached hydrogens (tertiary/aromatic N) is 3. The van der Waals surface area contributed by atoms with Crippen molar-refractivity contribution >= 4 is 73.5 Å². The predicted octanol–water partition coefficient (Wildman–Crippen LogP) is 4.35. The molecule has 9 heteroatoms. The molecular formula is C12H7BrCl2N4OS. The van der Waals surface area contributed by atoms with E-state index in [1.807, 2.05) is 0 Å². The van der Waals surface area contributed by atoms with Gasteiger partial charge in [-0.2, -0.15) is 8.75 Å². The molecule has 5 nitrogen and oxygen atoms in total. The van der Waals surface area contributed by atoms with E-state index in [9.17, 15) is 4.79 Å². The second-order valence-corrected chi connectivity index (χ2v) is 6.54. The normalized spacial score (nSPS) is 11.0. The van der Waals surface area contributed by atoms with Crippen molar-refractivity contribution in [1.29, 1.82) is 0 Å². The van der Waals surface area contributed by atoms with E-state index in [1.165, 1.54) is 0 Å². The maximum atomic E-state index is 12.4. The molecular weight excluding hydrogens is 399 g/mol. The number of amides is 1. The van der Waals surface area contributed by atoms with Crippen LogP contribution in [0.15, 0.2) is 22.8 Å². The molecule has 0 radical (unpaired) electrons.